The molecule has 1 rings (SSSR count). The Morgan fingerprint density at radius 2 is 2.20 bits per heavy atom. The molecule has 1 aromatic rings. The second-order valence-electron chi connectivity index (χ2n) is 3.40. The second kappa shape index (κ2) is 7.30. The first-order chi connectivity index (χ1) is 7.33. The van der Waals surface area contributed by atoms with Crippen LogP contribution in [0.3, 0.4) is 0 Å². The molecule has 0 aliphatic heterocycles. The molecule has 0 saturated heterocycles. The lowest BCUT2D eigenvalue weighted by molar-refractivity contribution is 0.199. The Hall–Kier alpha value is -1.01. The van der Waals surface area contributed by atoms with Crippen molar-refractivity contribution in [2.45, 2.75) is 19.3 Å². The number of nitrogens with zero attached hydrogens (tertiary/aromatic N) is 4. The molecule has 0 aliphatic rings. The number of nitrogens with one attached hydrogen (secondary N) is 1. The van der Waals surface area contributed by atoms with Crippen LogP contribution in [0.1, 0.15) is 18.7 Å². The highest BCUT2D eigenvalue weighted by molar-refractivity contribution is 4.76. The Morgan fingerprint density at radius 3 is 2.87 bits per heavy atom. The van der Waals surface area contributed by atoms with Gasteiger partial charge in [0.2, 0.25) is 0 Å². The average Bonchev–Trinajstić information content (AvgIpc) is 2.63. The lowest BCUT2D eigenvalue weighted by Gasteiger charge is -2.02. The summed E-state index contributed by atoms with van der Waals surface area (Å²) in [5.74, 6) is 0.828. The van der Waals surface area contributed by atoms with E-state index in [2.05, 4.69) is 20.7 Å². The van der Waals surface area contributed by atoms with E-state index in [1.807, 2.05) is 0 Å². The van der Waals surface area contributed by atoms with Crippen molar-refractivity contribution < 1.29 is 4.74 Å². The van der Waals surface area contributed by atoms with Gasteiger partial charge in [0.1, 0.15) is 0 Å². The summed E-state index contributed by atoms with van der Waals surface area (Å²) < 4.78 is 4.93. The number of aromatic nitrogens is 4. The SMILES string of the molecule is COCCNCCCCc1nnn(C)n1. The number of methoxy groups -OCH3 is 1. The van der Waals surface area contributed by atoms with E-state index in [0.29, 0.717) is 0 Å². The molecular formula is C9H19N5O. The summed E-state index contributed by atoms with van der Waals surface area (Å²) in [4.78, 5) is 1.49. The zero-order chi connectivity index (χ0) is 10.9. The van der Waals surface area contributed by atoms with E-state index < -0.39 is 0 Å². The van der Waals surface area contributed by atoms with Crippen LogP contribution in [0.5, 0.6) is 0 Å². The maximum absolute atomic E-state index is 4.93. The lowest BCUT2D eigenvalue weighted by atomic mass is 10.2. The topological polar surface area (TPSA) is 64.9 Å². The summed E-state index contributed by atoms with van der Waals surface area (Å²) in [6.07, 6.45) is 3.12. The Kier molecular flexibility index (Phi) is 5.87. The standard InChI is InChI=1S/C9H19N5O/c1-14-12-9(11-13-14)5-3-4-6-10-7-8-15-2/h10H,3-8H2,1-2H3. The highest BCUT2D eigenvalue weighted by atomic mass is 16.5. The molecular weight excluding hydrogens is 194 g/mol. The van der Waals surface area contributed by atoms with Crippen molar-refractivity contribution in [2.24, 2.45) is 7.05 Å². The fraction of sp³-hybridized carbons (Fsp3) is 0.889. The van der Waals surface area contributed by atoms with Crippen molar-refractivity contribution in [2.75, 3.05) is 26.8 Å². The molecule has 1 N–H and O–H groups in total. The molecule has 0 aromatic carbocycles. The number of aryl methyl sites for hydroxylation is 2. The van der Waals surface area contributed by atoms with Crippen molar-refractivity contribution in [3.63, 3.8) is 0 Å². The van der Waals surface area contributed by atoms with Crippen LogP contribution in [-0.2, 0) is 18.2 Å². The fourth-order valence-corrected chi connectivity index (χ4v) is 1.26. The largest absolute Gasteiger partial charge is 0.383 e. The Bertz CT molecular complexity index is 263. The first-order valence-electron chi connectivity index (χ1n) is 5.25. The van der Waals surface area contributed by atoms with Crippen LogP contribution >= 0.6 is 0 Å². The molecule has 0 unspecified atom stereocenters. The minimum absolute atomic E-state index is 0.770. The lowest BCUT2D eigenvalue weighted by Crippen LogP contribution is -2.20. The molecule has 0 spiro atoms. The number of tetrazole rings is 1. The third-order valence-electron chi connectivity index (χ3n) is 2.04. The maximum atomic E-state index is 4.93. The second-order valence-corrected chi connectivity index (χ2v) is 3.40. The number of hydrogen-bond acceptors (Lipinski definition) is 5. The van der Waals surface area contributed by atoms with Gasteiger partial charge in [-0.05, 0) is 24.6 Å². The average molecular weight is 213 g/mol. The number of unbranched alkanes of at least 4 members (excludes halogenated alkanes) is 1. The van der Waals surface area contributed by atoms with Crippen LogP contribution in [0.25, 0.3) is 0 Å². The summed E-state index contributed by atoms with van der Waals surface area (Å²) in [6.45, 7) is 2.70. The molecule has 1 aromatic heterocycles. The first-order valence-corrected chi connectivity index (χ1v) is 5.25. The predicted molar refractivity (Wildman–Crippen MR) is 56.5 cm³/mol. The first kappa shape index (κ1) is 12.1. The van der Waals surface area contributed by atoms with E-state index in [9.17, 15) is 0 Å². The molecule has 0 bridgehead atoms. The molecule has 0 atom stereocenters. The minimum atomic E-state index is 0.770. The maximum Gasteiger partial charge on any atom is 0.174 e. The molecule has 0 amide bonds. The van der Waals surface area contributed by atoms with Crippen molar-refractivity contribution >= 4 is 0 Å². The molecule has 6 heteroatoms. The van der Waals surface area contributed by atoms with E-state index in [4.69, 9.17) is 4.74 Å². The highest BCUT2D eigenvalue weighted by Gasteiger charge is 1.99. The zero-order valence-corrected chi connectivity index (χ0v) is 9.44. The van der Waals surface area contributed by atoms with E-state index >= 15 is 0 Å². The third-order valence-corrected chi connectivity index (χ3v) is 2.04. The fourth-order valence-electron chi connectivity index (χ4n) is 1.26. The predicted octanol–water partition coefficient (Wildman–Crippen LogP) is -0.231. The van der Waals surface area contributed by atoms with Crippen molar-refractivity contribution in [3.05, 3.63) is 5.82 Å². The summed E-state index contributed by atoms with van der Waals surface area (Å²) >= 11 is 0. The van der Waals surface area contributed by atoms with Crippen LogP contribution < -0.4 is 5.32 Å². The number of rotatable bonds is 8. The zero-order valence-electron chi connectivity index (χ0n) is 9.44. The van der Waals surface area contributed by atoms with Gasteiger partial charge >= 0.3 is 0 Å². The van der Waals surface area contributed by atoms with Gasteiger partial charge in [-0.2, -0.15) is 4.80 Å². The monoisotopic (exact) mass is 213 g/mol. The van der Waals surface area contributed by atoms with Gasteiger partial charge in [-0.1, -0.05) is 0 Å². The quantitative estimate of drug-likeness (QED) is 0.604. The van der Waals surface area contributed by atoms with Crippen molar-refractivity contribution in [3.8, 4) is 0 Å². The van der Waals surface area contributed by atoms with Gasteiger partial charge in [0.15, 0.2) is 5.82 Å². The smallest absolute Gasteiger partial charge is 0.174 e. The van der Waals surface area contributed by atoms with Crippen LogP contribution in [0, 0.1) is 0 Å². The molecule has 0 saturated carbocycles. The van der Waals surface area contributed by atoms with Gasteiger partial charge in [-0.3, -0.25) is 0 Å². The molecule has 0 fully saturated rings. The van der Waals surface area contributed by atoms with E-state index in [-0.39, 0.29) is 0 Å². The van der Waals surface area contributed by atoms with Crippen LogP contribution in [0.15, 0.2) is 0 Å². The molecule has 6 nitrogen and oxygen atoms in total. The van der Waals surface area contributed by atoms with Gasteiger partial charge in [-0.15, -0.1) is 10.2 Å². The summed E-state index contributed by atoms with van der Waals surface area (Å²) in [6, 6.07) is 0. The van der Waals surface area contributed by atoms with Crippen LogP contribution in [0.2, 0.25) is 0 Å². The van der Waals surface area contributed by atoms with Gasteiger partial charge < -0.3 is 10.1 Å². The minimum Gasteiger partial charge on any atom is -0.383 e. The number of hydrogen-bond donors (Lipinski definition) is 1. The van der Waals surface area contributed by atoms with Gasteiger partial charge in [0.25, 0.3) is 0 Å². The molecule has 0 radical (unpaired) electrons. The molecule has 86 valence electrons. The van der Waals surface area contributed by atoms with Crippen molar-refractivity contribution in [1.82, 2.24) is 25.5 Å². The van der Waals surface area contributed by atoms with E-state index in [1.165, 1.54) is 4.80 Å². The number of ether oxygens (including phenoxy) is 1. The summed E-state index contributed by atoms with van der Waals surface area (Å²) in [7, 11) is 3.49. The summed E-state index contributed by atoms with van der Waals surface area (Å²) in [5.41, 5.74) is 0. The Balaban J connectivity index is 1.93. The van der Waals surface area contributed by atoms with Crippen LogP contribution in [-0.4, -0.2) is 47.0 Å². The Labute approximate surface area is 90.0 Å². The molecule has 1 heterocycles. The van der Waals surface area contributed by atoms with Crippen molar-refractivity contribution in [1.29, 1.82) is 0 Å². The Morgan fingerprint density at radius 1 is 1.33 bits per heavy atom. The van der Waals surface area contributed by atoms with Gasteiger partial charge in [-0.25, -0.2) is 0 Å². The molecule has 15 heavy (non-hydrogen) atoms. The van der Waals surface area contributed by atoms with E-state index in [0.717, 1.165) is 44.8 Å². The molecule has 0 aliphatic carbocycles. The van der Waals surface area contributed by atoms with E-state index in [1.54, 1.807) is 14.2 Å². The van der Waals surface area contributed by atoms with Gasteiger partial charge in [0.05, 0.1) is 13.7 Å². The highest BCUT2D eigenvalue weighted by Crippen LogP contribution is 1.95. The third kappa shape index (κ3) is 5.44. The summed E-state index contributed by atoms with van der Waals surface area (Å²) in [5, 5.41) is 15.1. The van der Waals surface area contributed by atoms with Gasteiger partial charge in [0, 0.05) is 20.1 Å². The normalized spacial score (nSPS) is 10.8. The van der Waals surface area contributed by atoms with Crippen LogP contribution in [0.4, 0.5) is 0 Å².